The number of ether oxygens (including phenoxy) is 2. The lowest BCUT2D eigenvalue weighted by atomic mass is 10.1. The first-order valence-electron chi connectivity index (χ1n) is 14.4. The van der Waals surface area contributed by atoms with Gasteiger partial charge < -0.3 is 14.0 Å². The number of carbonyl (C=O) groups is 1. The van der Waals surface area contributed by atoms with Gasteiger partial charge in [0, 0.05) is 29.7 Å². The van der Waals surface area contributed by atoms with E-state index in [0.717, 1.165) is 41.1 Å². The number of nitrogens with zero attached hydrogens (tertiary/aromatic N) is 4. The van der Waals surface area contributed by atoms with E-state index in [4.69, 9.17) is 9.47 Å². The first-order valence-corrected chi connectivity index (χ1v) is 14.4. The molecule has 2 aromatic heterocycles. The lowest BCUT2D eigenvalue weighted by Crippen LogP contribution is -2.36. The van der Waals surface area contributed by atoms with Crippen molar-refractivity contribution in [2.75, 3.05) is 12.0 Å². The molecule has 0 bridgehead atoms. The molecule has 0 saturated heterocycles. The number of carbonyl (C=O) groups excluding carboxylic acids is 1. The highest BCUT2D eigenvalue weighted by molar-refractivity contribution is 5.93. The van der Waals surface area contributed by atoms with Crippen molar-refractivity contribution in [3.05, 3.63) is 90.1 Å². The van der Waals surface area contributed by atoms with Gasteiger partial charge in [-0.3, -0.25) is 9.88 Å². The number of methoxy groups -OCH3 is 1. The second kappa shape index (κ2) is 13.5. The number of anilines is 1. The number of rotatable bonds is 8. The molecule has 216 valence electrons. The Morgan fingerprint density at radius 2 is 1.93 bits per heavy atom. The van der Waals surface area contributed by atoms with E-state index in [2.05, 4.69) is 54.2 Å². The fourth-order valence-electron chi connectivity index (χ4n) is 4.44. The Labute approximate surface area is 243 Å². The summed E-state index contributed by atoms with van der Waals surface area (Å²) in [5, 5.41) is 0.878. The molecular weight excluding hydrogens is 512 g/mol. The molecule has 0 N–H and O–H groups in total. The molecule has 1 aliphatic rings. The van der Waals surface area contributed by atoms with Crippen molar-refractivity contribution >= 4 is 28.9 Å². The third kappa shape index (κ3) is 8.68. The van der Waals surface area contributed by atoms with Crippen molar-refractivity contribution in [3.63, 3.8) is 0 Å². The Morgan fingerprint density at radius 1 is 1.12 bits per heavy atom. The zero-order chi connectivity index (χ0) is 29.4. The van der Waals surface area contributed by atoms with Crippen molar-refractivity contribution in [3.8, 4) is 5.75 Å². The van der Waals surface area contributed by atoms with Crippen LogP contribution >= 0.6 is 0 Å². The summed E-state index contributed by atoms with van der Waals surface area (Å²) in [5.41, 5.74) is 4.49. The predicted molar refractivity (Wildman–Crippen MR) is 166 cm³/mol. The maximum atomic E-state index is 13.1. The number of hydrogen-bond acceptors (Lipinski definition) is 5. The summed E-state index contributed by atoms with van der Waals surface area (Å²) in [6, 6.07) is 16.3. The quantitative estimate of drug-likeness (QED) is 0.218. The first-order chi connectivity index (χ1) is 19.7. The smallest absolute Gasteiger partial charge is 0.415 e. The summed E-state index contributed by atoms with van der Waals surface area (Å²) in [6.45, 7) is 10.1. The van der Waals surface area contributed by atoms with Crippen LogP contribution in [0.5, 0.6) is 5.75 Å². The Bertz CT molecular complexity index is 1480. The third-order valence-electron chi connectivity index (χ3n) is 6.63. The van der Waals surface area contributed by atoms with Gasteiger partial charge in [0.1, 0.15) is 11.4 Å². The number of hydrogen-bond donors (Lipinski definition) is 0. The number of imidazole rings is 1. The van der Waals surface area contributed by atoms with E-state index in [-0.39, 0.29) is 6.54 Å². The molecule has 1 fully saturated rings. The van der Waals surface area contributed by atoms with Crippen LogP contribution in [0.2, 0.25) is 0 Å². The SMILES string of the molecule is CCC/C=C/n1cnc(CN(C(=O)OC(C)(C)C)c2ccc3c(OC)ccnc3c2)c1.Cc1cccc(C2CC2)c1. The van der Waals surface area contributed by atoms with Gasteiger partial charge in [-0.25, -0.2) is 9.78 Å². The number of amides is 1. The van der Waals surface area contributed by atoms with E-state index < -0.39 is 11.7 Å². The molecule has 0 spiro atoms. The van der Waals surface area contributed by atoms with Crippen molar-refractivity contribution in [1.29, 1.82) is 0 Å². The summed E-state index contributed by atoms with van der Waals surface area (Å²) in [6.07, 6.45) is 13.9. The van der Waals surface area contributed by atoms with Gasteiger partial charge in [-0.15, -0.1) is 0 Å². The van der Waals surface area contributed by atoms with Gasteiger partial charge in [0.2, 0.25) is 0 Å². The molecule has 0 aliphatic heterocycles. The second-order valence-electron chi connectivity index (χ2n) is 11.5. The Kier molecular flexibility index (Phi) is 9.82. The summed E-state index contributed by atoms with van der Waals surface area (Å²) < 4.78 is 13.0. The minimum absolute atomic E-state index is 0.277. The Morgan fingerprint density at radius 3 is 2.61 bits per heavy atom. The topological polar surface area (TPSA) is 69.5 Å². The molecule has 0 radical (unpaired) electrons. The molecule has 0 atom stereocenters. The average molecular weight is 555 g/mol. The number of pyridine rings is 1. The number of aryl methyl sites for hydroxylation is 1. The summed E-state index contributed by atoms with van der Waals surface area (Å²) in [4.78, 5) is 23.5. The van der Waals surface area contributed by atoms with Gasteiger partial charge in [0.15, 0.2) is 0 Å². The lowest BCUT2D eigenvalue weighted by Gasteiger charge is -2.27. The van der Waals surface area contributed by atoms with Crippen LogP contribution in [0.1, 0.15) is 76.1 Å². The number of unbranched alkanes of at least 4 members (excludes halogenated alkanes) is 1. The molecule has 2 heterocycles. The number of fused-ring (bicyclic) bond motifs is 1. The van der Waals surface area contributed by atoms with Crippen LogP contribution in [0, 0.1) is 6.92 Å². The summed E-state index contributed by atoms with van der Waals surface area (Å²) in [7, 11) is 1.63. The van der Waals surface area contributed by atoms with Crippen molar-refractivity contribution in [2.45, 2.75) is 78.4 Å². The fraction of sp³-hybridized carbons (Fsp3) is 0.382. The Hall–Kier alpha value is -4.13. The molecule has 7 heteroatoms. The molecule has 1 saturated carbocycles. The standard InChI is InChI=1S/C24H30N4O3.C10H12/c1-6-7-8-13-27-15-18(26-17-27)16-28(23(29)31-24(2,3)4)19-9-10-20-21(14-19)25-12-11-22(20)30-5;1-8-3-2-4-10(7-8)9-5-6-9/h8-15,17H,6-7,16H2,1-5H3;2-4,7,9H,5-6H2,1H3/b13-8+;. The van der Waals surface area contributed by atoms with Crippen molar-refractivity contribution in [1.82, 2.24) is 14.5 Å². The van der Waals surface area contributed by atoms with E-state index in [1.165, 1.54) is 18.4 Å². The third-order valence-corrected chi connectivity index (χ3v) is 6.63. The zero-order valence-corrected chi connectivity index (χ0v) is 25.1. The van der Waals surface area contributed by atoms with Gasteiger partial charge in [0.25, 0.3) is 0 Å². The highest BCUT2D eigenvalue weighted by Crippen LogP contribution is 2.40. The highest BCUT2D eigenvalue weighted by atomic mass is 16.6. The molecule has 4 aromatic rings. The molecule has 0 unspecified atom stereocenters. The fourth-order valence-corrected chi connectivity index (χ4v) is 4.44. The van der Waals surface area contributed by atoms with Crippen molar-refractivity contribution in [2.24, 2.45) is 0 Å². The predicted octanol–water partition coefficient (Wildman–Crippen LogP) is 8.52. The lowest BCUT2D eigenvalue weighted by molar-refractivity contribution is 0.0577. The van der Waals surface area contributed by atoms with Crippen LogP contribution < -0.4 is 9.64 Å². The van der Waals surface area contributed by atoms with Crippen LogP contribution in [0.4, 0.5) is 10.5 Å². The molecule has 2 aromatic carbocycles. The van der Waals surface area contributed by atoms with Crippen molar-refractivity contribution < 1.29 is 14.3 Å². The molecule has 1 aliphatic carbocycles. The van der Waals surface area contributed by atoms with E-state index in [1.807, 2.05) is 62.0 Å². The number of aromatic nitrogens is 3. The minimum Gasteiger partial charge on any atom is -0.496 e. The van der Waals surface area contributed by atoms with E-state index >= 15 is 0 Å². The second-order valence-corrected chi connectivity index (χ2v) is 11.5. The molecule has 7 nitrogen and oxygen atoms in total. The molecule has 41 heavy (non-hydrogen) atoms. The van der Waals surface area contributed by atoms with Gasteiger partial charge in [-0.1, -0.05) is 49.2 Å². The van der Waals surface area contributed by atoms with Gasteiger partial charge in [-0.2, -0.15) is 0 Å². The summed E-state index contributed by atoms with van der Waals surface area (Å²) in [5.74, 6) is 1.64. The molecule has 1 amide bonds. The van der Waals surface area contributed by atoms with Gasteiger partial charge in [0.05, 0.1) is 31.2 Å². The van der Waals surface area contributed by atoms with Crippen LogP contribution in [0.15, 0.2) is 73.3 Å². The normalized spacial score (nSPS) is 13.1. The van der Waals surface area contributed by atoms with Gasteiger partial charge in [-0.05, 0) is 82.7 Å². The van der Waals surface area contributed by atoms with E-state index in [9.17, 15) is 4.79 Å². The van der Waals surface area contributed by atoms with E-state index in [1.54, 1.807) is 30.1 Å². The zero-order valence-electron chi connectivity index (χ0n) is 25.1. The summed E-state index contributed by atoms with van der Waals surface area (Å²) >= 11 is 0. The molecular formula is C34H42N4O3. The average Bonchev–Trinajstić information content (AvgIpc) is 3.70. The molecule has 5 rings (SSSR count). The maximum Gasteiger partial charge on any atom is 0.415 e. The number of allylic oxidation sites excluding steroid dienone is 1. The monoisotopic (exact) mass is 554 g/mol. The van der Waals surface area contributed by atoms with Crippen LogP contribution in [0.3, 0.4) is 0 Å². The highest BCUT2D eigenvalue weighted by Gasteiger charge is 2.25. The van der Waals surface area contributed by atoms with Gasteiger partial charge >= 0.3 is 6.09 Å². The Balaban J connectivity index is 0.000000322. The largest absolute Gasteiger partial charge is 0.496 e. The van der Waals surface area contributed by atoms with Crippen LogP contribution in [0.25, 0.3) is 17.1 Å². The number of benzene rings is 2. The van der Waals surface area contributed by atoms with E-state index in [0.29, 0.717) is 5.69 Å². The maximum absolute atomic E-state index is 13.1. The first kappa shape index (κ1) is 29.8. The minimum atomic E-state index is -0.615. The van der Waals surface area contributed by atoms with Crippen LogP contribution in [-0.4, -0.2) is 33.3 Å². The van der Waals surface area contributed by atoms with Crippen LogP contribution in [-0.2, 0) is 11.3 Å².